The van der Waals surface area contributed by atoms with Crippen molar-refractivity contribution >= 4 is 17.4 Å². The second kappa shape index (κ2) is 6.73. The van der Waals surface area contributed by atoms with Crippen molar-refractivity contribution in [2.24, 2.45) is 0 Å². The van der Waals surface area contributed by atoms with Crippen molar-refractivity contribution in [1.29, 1.82) is 0 Å². The molecule has 0 aromatic heterocycles. The van der Waals surface area contributed by atoms with Crippen LogP contribution in [0.4, 0.5) is 0 Å². The van der Waals surface area contributed by atoms with Gasteiger partial charge in [-0.3, -0.25) is 4.57 Å². The molecule has 0 aliphatic rings. The van der Waals surface area contributed by atoms with E-state index in [-0.39, 0.29) is 5.30 Å². The molecule has 0 spiro atoms. The Morgan fingerprint density at radius 2 is 1.24 bits per heavy atom. The summed E-state index contributed by atoms with van der Waals surface area (Å²) in [5, 5.41) is 0.0648. The van der Waals surface area contributed by atoms with Gasteiger partial charge in [0.1, 0.15) is 0 Å². The summed E-state index contributed by atoms with van der Waals surface area (Å²) in [4.78, 5) is 17.2. The predicted molar refractivity (Wildman–Crippen MR) is 64.2 cm³/mol. The van der Waals surface area contributed by atoms with Crippen molar-refractivity contribution in [3.8, 4) is 0 Å². The topological polar surface area (TPSA) is 57.5 Å². The third-order valence-corrected chi connectivity index (χ3v) is 3.11. The zero-order valence-electron chi connectivity index (χ0n) is 8.84. The van der Waals surface area contributed by atoms with Gasteiger partial charge in [0.15, 0.2) is 0 Å². The van der Waals surface area contributed by atoms with Crippen LogP contribution < -0.4 is 9.84 Å². The summed E-state index contributed by atoms with van der Waals surface area (Å²) in [7, 11) is -4.02. The van der Waals surface area contributed by atoms with Crippen LogP contribution in [0, 0.1) is 0 Å². The first kappa shape index (κ1) is 14.1. The molecule has 17 heavy (non-hydrogen) atoms. The van der Waals surface area contributed by atoms with E-state index in [2.05, 4.69) is 15.5 Å². The zero-order valence-corrected chi connectivity index (χ0v) is 10.7. The molecule has 2 N–H and O–H groups in total. The first-order valence-electron chi connectivity index (χ1n) is 4.79. The van der Waals surface area contributed by atoms with E-state index in [9.17, 15) is 4.57 Å². The van der Waals surface area contributed by atoms with Crippen LogP contribution in [0.15, 0.2) is 60.7 Å². The van der Waals surface area contributed by atoms with Crippen molar-refractivity contribution in [1.82, 2.24) is 0 Å². The van der Waals surface area contributed by atoms with Gasteiger partial charge in [-0.2, -0.15) is 0 Å². The number of hydrogen-bond acceptors (Lipinski definition) is 1. The second-order valence-corrected chi connectivity index (χ2v) is 5.31. The van der Waals surface area contributed by atoms with Crippen LogP contribution in [0.2, 0.25) is 0 Å². The third kappa shape index (κ3) is 5.81. The molecule has 0 aliphatic carbocycles. The average Bonchev–Trinajstić information content (AvgIpc) is 2.31. The van der Waals surface area contributed by atoms with Gasteiger partial charge in [-0.1, -0.05) is 18.2 Å². The maximum absolute atomic E-state index is 10.5. The SMILES string of the molecule is O=P(O)(O)c1ccccc1.[Ni][c]1ccccc1. The summed E-state index contributed by atoms with van der Waals surface area (Å²) < 4.78 is 11.5. The Balaban J connectivity index is 0.000000181. The van der Waals surface area contributed by atoms with Crippen molar-refractivity contribution in [3.05, 3.63) is 60.7 Å². The third-order valence-electron chi connectivity index (χ3n) is 1.81. The van der Waals surface area contributed by atoms with Crippen LogP contribution in [0.25, 0.3) is 0 Å². The van der Waals surface area contributed by atoms with Gasteiger partial charge in [0, 0.05) is 0 Å². The van der Waals surface area contributed by atoms with Gasteiger partial charge < -0.3 is 9.79 Å². The molecule has 2 aromatic rings. The van der Waals surface area contributed by atoms with E-state index >= 15 is 0 Å². The van der Waals surface area contributed by atoms with Crippen molar-refractivity contribution in [2.75, 3.05) is 0 Å². The van der Waals surface area contributed by atoms with Gasteiger partial charge in [0.05, 0.1) is 5.30 Å². The second-order valence-electron chi connectivity index (χ2n) is 3.14. The fourth-order valence-electron chi connectivity index (χ4n) is 1.02. The standard InChI is InChI=1S/C6H7O3P.C6H5.Ni/c7-10(8,9)6-4-2-1-3-5-6;1-2-4-6-5-3-1;/h1-5H,(H2,7,8,9);1-5H;. The zero-order chi connectivity index (χ0) is 12.7. The molecule has 0 saturated heterocycles. The van der Waals surface area contributed by atoms with Crippen molar-refractivity contribution < 1.29 is 29.8 Å². The Hall–Kier alpha value is -0.916. The summed E-state index contributed by atoms with van der Waals surface area (Å²) in [5.74, 6) is 0. The van der Waals surface area contributed by atoms with Gasteiger partial charge in [-0.15, -0.1) is 0 Å². The average molecular weight is 294 g/mol. The molecule has 0 radical (unpaired) electrons. The van der Waals surface area contributed by atoms with Crippen LogP contribution >= 0.6 is 7.60 Å². The Kier molecular flexibility index (Phi) is 5.60. The monoisotopic (exact) mass is 293 g/mol. The summed E-state index contributed by atoms with van der Waals surface area (Å²) in [6.45, 7) is 0. The minimum absolute atomic E-state index is 0.0648. The summed E-state index contributed by atoms with van der Waals surface area (Å²) in [6.07, 6.45) is 0. The quantitative estimate of drug-likeness (QED) is 0.616. The normalized spacial score (nSPS) is 10.4. The molecule has 0 aliphatic heterocycles. The van der Waals surface area contributed by atoms with Crippen molar-refractivity contribution in [2.45, 2.75) is 0 Å². The number of benzene rings is 2. The Bertz CT molecular complexity index is 482. The Morgan fingerprint density at radius 1 is 0.824 bits per heavy atom. The van der Waals surface area contributed by atoms with E-state index in [1.54, 1.807) is 18.2 Å². The van der Waals surface area contributed by atoms with Crippen LogP contribution in [0.3, 0.4) is 0 Å². The molecule has 0 heterocycles. The molecule has 3 nitrogen and oxygen atoms in total. The molecule has 0 bridgehead atoms. The van der Waals surface area contributed by atoms with E-state index in [1.807, 2.05) is 30.3 Å². The molecular formula is C12H12NiO3P. The first-order chi connectivity index (χ1) is 8.00. The minimum atomic E-state index is -4.02. The maximum atomic E-state index is 10.5. The molecule has 0 amide bonds. The summed E-state index contributed by atoms with van der Waals surface area (Å²) >= 11 is 4.54. The molecule has 93 valence electrons. The fraction of sp³-hybridized carbons (Fsp3) is 0. The molecule has 2 rings (SSSR count). The Labute approximate surface area is 108 Å². The molecular weight excluding hydrogens is 282 g/mol. The van der Waals surface area contributed by atoms with Gasteiger partial charge >= 0.3 is 57.9 Å². The molecule has 2 aromatic carbocycles. The first-order valence-corrected chi connectivity index (χ1v) is 6.89. The molecule has 0 fully saturated rings. The van der Waals surface area contributed by atoms with E-state index in [0.29, 0.717) is 0 Å². The summed E-state index contributed by atoms with van der Waals surface area (Å²) in [5.41, 5.74) is 0. The van der Waals surface area contributed by atoms with Crippen molar-refractivity contribution in [3.63, 3.8) is 0 Å². The number of hydrogen-bond donors (Lipinski definition) is 2. The molecule has 5 heteroatoms. The summed E-state index contributed by atoms with van der Waals surface area (Å²) in [6, 6.07) is 17.4. The van der Waals surface area contributed by atoms with Crippen LogP contribution in [0.5, 0.6) is 0 Å². The Morgan fingerprint density at radius 3 is 1.47 bits per heavy atom. The van der Waals surface area contributed by atoms with E-state index in [1.165, 1.54) is 12.1 Å². The predicted octanol–water partition coefficient (Wildman–Crippen LogP) is 1.35. The van der Waals surface area contributed by atoms with Crippen LogP contribution in [-0.2, 0) is 20.0 Å². The van der Waals surface area contributed by atoms with E-state index < -0.39 is 7.60 Å². The van der Waals surface area contributed by atoms with Gasteiger partial charge in [-0.05, 0) is 12.1 Å². The molecule has 0 atom stereocenters. The van der Waals surface area contributed by atoms with E-state index in [0.717, 1.165) is 4.53 Å². The molecule has 0 saturated carbocycles. The number of rotatable bonds is 1. The van der Waals surface area contributed by atoms with Crippen LogP contribution in [-0.4, -0.2) is 9.79 Å². The van der Waals surface area contributed by atoms with Crippen LogP contribution in [0.1, 0.15) is 0 Å². The van der Waals surface area contributed by atoms with E-state index in [4.69, 9.17) is 9.79 Å². The molecule has 0 unspecified atom stereocenters. The van der Waals surface area contributed by atoms with Gasteiger partial charge in [0.2, 0.25) is 0 Å². The van der Waals surface area contributed by atoms with Gasteiger partial charge in [-0.25, -0.2) is 0 Å². The van der Waals surface area contributed by atoms with Gasteiger partial charge in [0.25, 0.3) is 0 Å². The fourth-order valence-corrected chi connectivity index (χ4v) is 1.78.